The average Bonchev–Trinajstić information content (AvgIpc) is 2.69. The molecule has 0 bridgehead atoms. The molecule has 1 aliphatic heterocycles. The topological polar surface area (TPSA) is 93.9 Å². The molecule has 160 valence electrons. The summed E-state index contributed by atoms with van der Waals surface area (Å²) in [5, 5.41) is 13.6. The highest BCUT2D eigenvalue weighted by Gasteiger charge is 2.22. The van der Waals surface area contributed by atoms with Crippen molar-refractivity contribution in [3.8, 4) is 5.75 Å². The first-order valence-electron chi connectivity index (χ1n) is 10.0. The van der Waals surface area contributed by atoms with Crippen LogP contribution in [0.4, 0.5) is 11.4 Å². The molecular weight excluding hydrogens is 386 g/mol. The lowest BCUT2D eigenvalue weighted by atomic mass is 10.1. The van der Waals surface area contributed by atoms with Crippen molar-refractivity contribution in [1.82, 2.24) is 4.90 Å². The lowest BCUT2D eigenvalue weighted by molar-refractivity contribution is -0.384. The van der Waals surface area contributed by atoms with Gasteiger partial charge in [0.05, 0.1) is 30.2 Å². The van der Waals surface area contributed by atoms with Gasteiger partial charge in [-0.25, -0.2) is 0 Å². The smallest absolute Gasteiger partial charge is 0.269 e. The maximum atomic E-state index is 12.4. The van der Waals surface area contributed by atoms with E-state index in [0.29, 0.717) is 5.75 Å². The zero-order valence-corrected chi connectivity index (χ0v) is 17.2. The van der Waals surface area contributed by atoms with Gasteiger partial charge in [-0.2, -0.15) is 0 Å². The Morgan fingerprint density at radius 1 is 1.17 bits per heavy atom. The molecule has 8 nitrogen and oxygen atoms in total. The van der Waals surface area contributed by atoms with Crippen LogP contribution >= 0.6 is 0 Å². The van der Waals surface area contributed by atoms with E-state index < -0.39 is 4.92 Å². The largest absolute Gasteiger partial charge is 0.493 e. The number of carbonyl (C=O) groups is 1. The number of nitro benzene ring substituents is 1. The number of hydrogen-bond acceptors (Lipinski definition) is 6. The Morgan fingerprint density at radius 2 is 1.83 bits per heavy atom. The Bertz CT molecular complexity index is 861. The van der Waals surface area contributed by atoms with E-state index in [0.717, 1.165) is 30.9 Å². The van der Waals surface area contributed by atoms with Gasteiger partial charge in [0.1, 0.15) is 5.75 Å². The van der Waals surface area contributed by atoms with E-state index in [2.05, 4.69) is 24.1 Å². The van der Waals surface area contributed by atoms with Gasteiger partial charge in [-0.3, -0.25) is 19.8 Å². The molecule has 1 fully saturated rings. The summed E-state index contributed by atoms with van der Waals surface area (Å²) in [4.78, 5) is 24.9. The fourth-order valence-corrected chi connectivity index (χ4v) is 3.57. The molecule has 30 heavy (non-hydrogen) atoms. The maximum absolute atomic E-state index is 12.4. The van der Waals surface area contributed by atoms with Crippen molar-refractivity contribution in [3.63, 3.8) is 0 Å². The quantitative estimate of drug-likeness (QED) is 0.525. The zero-order chi connectivity index (χ0) is 21.5. The molecule has 2 atom stereocenters. The summed E-state index contributed by atoms with van der Waals surface area (Å²) >= 11 is 0. The SMILES string of the molecule is CC1CN(Cc2ccccc2NC(=O)CCOc2ccc([N+](=O)[O-])cc2)CC(C)O1. The van der Waals surface area contributed by atoms with Crippen LogP contribution in [0.5, 0.6) is 5.75 Å². The molecule has 0 aromatic heterocycles. The highest BCUT2D eigenvalue weighted by atomic mass is 16.6. The summed E-state index contributed by atoms with van der Waals surface area (Å²) in [7, 11) is 0. The van der Waals surface area contributed by atoms with Crippen LogP contribution in [0.3, 0.4) is 0 Å². The van der Waals surface area contributed by atoms with Gasteiger partial charge < -0.3 is 14.8 Å². The number of nitrogens with zero attached hydrogens (tertiary/aromatic N) is 2. The van der Waals surface area contributed by atoms with Crippen molar-refractivity contribution in [2.24, 2.45) is 0 Å². The molecule has 0 saturated carbocycles. The van der Waals surface area contributed by atoms with Gasteiger partial charge in [-0.05, 0) is 37.6 Å². The van der Waals surface area contributed by atoms with E-state index in [1.165, 1.54) is 24.3 Å². The van der Waals surface area contributed by atoms with E-state index in [1.807, 2.05) is 24.3 Å². The molecule has 0 spiro atoms. The minimum atomic E-state index is -0.465. The van der Waals surface area contributed by atoms with Crippen molar-refractivity contribution in [2.45, 2.75) is 39.0 Å². The van der Waals surface area contributed by atoms with Gasteiger partial charge in [0.15, 0.2) is 0 Å². The lowest BCUT2D eigenvalue weighted by Crippen LogP contribution is -2.44. The van der Waals surface area contributed by atoms with Crippen LogP contribution in [0.25, 0.3) is 0 Å². The van der Waals surface area contributed by atoms with Gasteiger partial charge in [0, 0.05) is 37.5 Å². The number of nitrogens with one attached hydrogen (secondary N) is 1. The number of morpholine rings is 1. The summed E-state index contributed by atoms with van der Waals surface area (Å²) in [6.07, 6.45) is 0.552. The molecule has 1 aliphatic rings. The molecular formula is C22H27N3O5. The van der Waals surface area contributed by atoms with E-state index >= 15 is 0 Å². The minimum Gasteiger partial charge on any atom is -0.493 e. The van der Waals surface area contributed by atoms with Gasteiger partial charge in [0.25, 0.3) is 5.69 Å². The molecule has 8 heteroatoms. The molecule has 1 saturated heterocycles. The highest BCUT2D eigenvalue weighted by Crippen LogP contribution is 2.21. The third-order valence-corrected chi connectivity index (χ3v) is 4.83. The van der Waals surface area contributed by atoms with Crippen LogP contribution < -0.4 is 10.1 Å². The van der Waals surface area contributed by atoms with E-state index in [9.17, 15) is 14.9 Å². The van der Waals surface area contributed by atoms with Crippen LogP contribution in [0.1, 0.15) is 25.8 Å². The van der Waals surface area contributed by atoms with E-state index in [-0.39, 0.29) is 36.8 Å². The summed E-state index contributed by atoms with van der Waals surface area (Å²) in [5.41, 5.74) is 1.86. The number of benzene rings is 2. The van der Waals surface area contributed by atoms with Gasteiger partial charge in [-0.15, -0.1) is 0 Å². The summed E-state index contributed by atoms with van der Waals surface area (Å²) in [6.45, 7) is 6.78. The van der Waals surface area contributed by atoms with Crippen molar-refractivity contribution in [3.05, 3.63) is 64.2 Å². The first-order valence-corrected chi connectivity index (χ1v) is 10.0. The Labute approximate surface area is 175 Å². The highest BCUT2D eigenvalue weighted by molar-refractivity contribution is 5.91. The molecule has 3 rings (SSSR count). The Hall–Kier alpha value is -2.97. The van der Waals surface area contributed by atoms with E-state index in [1.54, 1.807) is 0 Å². The molecule has 2 unspecified atom stereocenters. The van der Waals surface area contributed by atoms with E-state index in [4.69, 9.17) is 9.47 Å². The molecule has 2 aromatic rings. The minimum absolute atomic E-state index is 0.000700. The van der Waals surface area contributed by atoms with Crippen molar-refractivity contribution in [2.75, 3.05) is 25.0 Å². The third-order valence-electron chi connectivity index (χ3n) is 4.83. The summed E-state index contributed by atoms with van der Waals surface area (Å²) in [5.74, 6) is 0.345. The van der Waals surface area contributed by atoms with Crippen molar-refractivity contribution in [1.29, 1.82) is 0 Å². The van der Waals surface area contributed by atoms with Crippen LogP contribution in [-0.2, 0) is 16.1 Å². The standard InChI is InChI=1S/C22H27N3O5/c1-16-13-24(14-17(2)30-16)15-18-5-3-4-6-21(18)23-22(26)11-12-29-20-9-7-19(8-10-20)25(27)28/h3-10,16-17H,11-15H2,1-2H3,(H,23,26). The number of ether oxygens (including phenoxy) is 2. The van der Waals surface area contributed by atoms with Gasteiger partial charge >= 0.3 is 0 Å². The van der Waals surface area contributed by atoms with Crippen LogP contribution in [-0.4, -0.2) is 47.6 Å². The first kappa shape index (κ1) is 21.7. The van der Waals surface area contributed by atoms with Crippen molar-refractivity contribution >= 4 is 17.3 Å². The molecule has 2 aromatic carbocycles. The second-order valence-electron chi connectivity index (χ2n) is 7.51. The monoisotopic (exact) mass is 413 g/mol. The second kappa shape index (κ2) is 10.2. The predicted octanol–water partition coefficient (Wildman–Crippen LogP) is 3.61. The molecule has 1 amide bonds. The number of carbonyl (C=O) groups excluding carboxylic acids is 1. The van der Waals surface area contributed by atoms with Crippen LogP contribution in [0.15, 0.2) is 48.5 Å². The normalized spacial score (nSPS) is 19.3. The number of nitro groups is 1. The lowest BCUT2D eigenvalue weighted by Gasteiger charge is -2.35. The van der Waals surface area contributed by atoms with Crippen LogP contribution in [0, 0.1) is 10.1 Å². The number of rotatable bonds is 8. The number of para-hydroxylation sites is 1. The number of non-ortho nitro benzene ring substituents is 1. The summed E-state index contributed by atoms with van der Waals surface area (Å²) in [6, 6.07) is 13.6. The predicted molar refractivity (Wildman–Crippen MR) is 114 cm³/mol. The average molecular weight is 413 g/mol. The number of hydrogen-bond donors (Lipinski definition) is 1. The zero-order valence-electron chi connectivity index (χ0n) is 17.2. The van der Waals surface area contributed by atoms with Gasteiger partial charge in [0.2, 0.25) is 5.91 Å². The number of anilines is 1. The van der Waals surface area contributed by atoms with Crippen molar-refractivity contribution < 1.29 is 19.2 Å². The Kier molecular flexibility index (Phi) is 7.37. The third kappa shape index (κ3) is 6.27. The number of amides is 1. The Balaban J connectivity index is 1.51. The fraction of sp³-hybridized carbons (Fsp3) is 0.409. The molecule has 1 N–H and O–H groups in total. The van der Waals surface area contributed by atoms with Gasteiger partial charge in [-0.1, -0.05) is 18.2 Å². The molecule has 1 heterocycles. The summed E-state index contributed by atoms with van der Waals surface area (Å²) < 4.78 is 11.3. The first-order chi connectivity index (χ1) is 14.4. The fourth-order valence-electron chi connectivity index (χ4n) is 3.57. The molecule has 0 radical (unpaired) electrons. The molecule has 0 aliphatic carbocycles. The van der Waals surface area contributed by atoms with Crippen LogP contribution in [0.2, 0.25) is 0 Å². The Morgan fingerprint density at radius 3 is 2.50 bits per heavy atom. The maximum Gasteiger partial charge on any atom is 0.269 e. The second-order valence-corrected chi connectivity index (χ2v) is 7.51.